The van der Waals surface area contributed by atoms with Crippen molar-refractivity contribution in [2.24, 2.45) is 5.73 Å². The molecule has 4 nitrogen and oxygen atoms in total. The summed E-state index contributed by atoms with van der Waals surface area (Å²) in [4.78, 5) is 21.8. The number of anilines is 1. The third kappa shape index (κ3) is 5.50. The highest BCUT2D eigenvalue weighted by atomic mass is 35.5. The molecule has 1 aromatic rings. The van der Waals surface area contributed by atoms with Crippen molar-refractivity contribution in [3.8, 4) is 0 Å². The Morgan fingerprint density at radius 3 is 2.50 bits per heavy atom. The van der Waals surface area contributed by atoms with E-state index in [0.29, 0.717) is 12.3 Å². The van der Waals surface area contributed by atoms with Crippen LogP contribution < -0.4 is 11.1 Å². The molecule has 0 atom stereocenters. The highest BCUT2D eigenvalue weighted by molar-refractivity contribution is 6.19. The van der Waals surface area contributed by atoms with Crippen LogP contribution in [-0.2, 0) is 9.59 Å². The molecule has 96 valence electrons. The van der Waals surface area contributed by atoms with Crippen LogP contribution in [0.15, 0.2) is 30.3 Å². The Hall–Kier alpha value is -1.81. The number of amides is 2. The number of primary amides is 1. The van der Waals surface area contributed by atoms with Gasteiger partial charge in [0.2, 0.25) is 11.8 Å². The van der Waals surface area contributed by atoms with Crippen LogP contribution in [0.25, 0.3) is 6.08 Å². The molecular weight excluding hydrogens is 252 g/mol. The maximum absolute atomic E-state index is 11.3. The molecule has 0 radical (unpaired) electrons. The number of benzene rings is 1. The Bertz CT molecular complexity index is 441. The first kappa shape index (κ1) is 14.3. The zero-order valence-corrected chi connectivity index (χ0v) is 10.6. The lowest BCUT2D eigenvalue weighted by molar-refractivity contribution is -0.117. The molecule has 0 unspecified atom stereocenters. The van der Waals surface area contributed by atoms with Gasteiger partial charge in [-0.1, -0.05) is 24.3 Å². The van der Waals surface area contributed by atoms with Gasteiger partial charge in [-0.2, -0.15) is 0 Å². The van der Waals surface area contributed by atoms with E-state index < -0.39 is 0 Å². The van der Waals surface area contributed by atoms with Gasteiger partial charge in [0.25, 0.3) is 0 Å². The van der Waals surface area contributed by atoms with E-state index in [9.17, 15) is 9.59 Å². The number of alkyl halides is 1. The number of carbonyl (C=O) groups is 2. The van der Waals surface area contributed by atoms with E-state index in [1.54, 1.807) is 24.3 Å². The maximum Gasteiger partial charge on any atom is 0.225 e. The Morgan fingerprint density at radius 2 is 1.94 bits per heavy atom. The normalized spacial score (nSPS) is 10.5. The Kier molecular flexibility index (Phi) is 5.94. The zero-order valence-electron chi connectivity index (χ0n) is 9.86. The third-order valence-corrected chi connectivity index (χ3v) is 2.33. The van der Waals surface area contributed by atoms with Crippen molar-refractivity contribution in [2.45, 2.75) is 12.8 Å². The lowest BCUT2D eigenvalue weighted by Crippen LogP contribution is -2.11. The van der Waals surface area contributed by atoms with Crippen molar-refractivity contribution in [1.82, 2.24) is 0 Å². The number of hydrogen-bond donors (Lipinski definition) is 2. The molecule has 0 saturated carbocycles. The van der Waals surface area contributed by atoms with Gasteiger partial charge in [0.15, 0.2) is 0 Å². The van der Waals surface area contributed by atoms with E-state index in [2.05, 4.69) is 5.32 Å². The minimum absolute atomic E-state index is 0.109. The Balaban J connectivity index is 2.54. The van der Waals surface area contributed by atoms with Crippen LogP contribution >= 0.6 is 11.6 Å². The molecule has 18 heavy (non-hydrogen) atoms. The predicted molar refractivity (Wildman–Crippen MR) is 73.3 cm³/mol. The van der Waals surface area contributed by atoms with Crippen molar-refractivity contribution >= 4 is 35.2 Å². The molecule has 0 saturated heterocycles. The topological polar surface area (TPSA) is 72.2 Å². The predicted octanol–water partition coefficient (Wildman–Crippen LogP) is 2.14. The Labute approximate surface area is 111 Å². The minimum Gasteiger partial charge on any atom is -0.369 e. The SMILES string of the molecule is NC(=O)CC=Cc1ccc(NC(=O)CCCl)cc1. The van der Waals surface area contributed by atoms with Crippen LogP contribution in [0.1, 0.15) is 18.4 Å². The number of nitrogens with one attached hydrogen (secondary N) is 1. The molecule has 0 spiro atoms. The van der Waals surface area contributed by atoms with E-state index in [-0.39, 0.29) is 18.2 Å². The Morgan fingerprint density at radius 1 is 1.28 bits per heavy atom. The lowest BCUT2D eigenvalue weighted by Gasteiger charge is -2.03. The van der Waals surface area contributed by atoms with Gasteiger partial charge < -0.3 is 11.1 Å². The van der Waals surface area contributed by atoms with Crippen molar-refractivity contribution in [2.75, 3.05) is 11.2 Å². The summed E-state index contributed by atoms with van der Waals surface area (Å²) >= 11 is 5.46. The average molecular weight is 267 g/mol. The first-order chi connectivity index (χ1) is 8.61. The van der Waals surface area contributed by atoms with Crippen LogP contribution in [0.4, 0.5) is 5.69 Å². The molecule has 0 aliphatic rings. The fourth-order valence-corrected chi connectivity index (χ4v) is 1.47. The second kappa shape index (κ2) is 7.50. The summed E-state index contributed by atoms with van der Waals surface area (Å²) < 4.78 is 0. The monoisotopic (exact) mass is 266 g/mol. The van der Waals surface area contributed by atoms with Crippen molar-refractivity contribution in [1.29, 1.82) is 0 Å². The van der Waals surface area contributed by atoms with Gasteiger partial charge in [0.05, 0.1) is 0 Å². The van der Waals surface area contributed by atoms with Gasteiger partial charge in [-0.3, -0.25) is 9.59 Å². The van der Waals surface area contributed by atoms with E-state index in [0.717, 1.165) is 11.3 Å². The summed E-state index contributed by atoms with van der Waals surface area (Å²) in [6, 6.07) is 7.26. The van der Waals surface area contributed by atoms with Crippen LogP contribution in [0.3, 0.4) is 0 Å². The highest BCUT2D eigenvalue weighted by Gasteiger charge is 2.00. The molecule has 3 N–H and O–H groups in total. The molecule has 0 heterocycles. The highest BCUT2D eigenvalue weighted by Crippen LogP contribution is 2.11. The summed E-state index contributed by atoms with van der Waals surface area (Å²) in [6.45, 7) is 0. The quantitative estimate of drug-likeness (QED) is 0.775. The molecule has 0 aromatic heterocycles. The van der Waals surface area contributed by atoms with Crippen molar-refractivity contribution in [3.05, 3.63) is 35.9 Å². The second-order valence-electron chi connectivity index (χ2n) is 3.68. The van der Waals surface area contributed by atoms with E-state index >= 15 is 0 Å². The van der Waals surface area contributed by atoms with E-state index in [1.165, 1.54) is 0 Å². The summed E-state index contributed by atoms with van der Waals surface area (Å²) in [5, 5.41) is 2.72. The van der Waals surface area contributed by atoms with Crippen LogP contribution in [0.2, 0.25) is 0 Å². The standard InChI is InChI=1S/C13H15ClN2O2/c14-9-8-13(18)16-11-6-4-10(5-7-11)2-1-3-12(15)17/h1-2,4-7H,3,8-9H2,(H2,15,17)(H,16,18). The fraction of sp³-hybridized carbons (Fsp3) is 0.231. The molecule has 5 heteroatoms. The largest absolute Gasteiger partial charge is 0.369 e. The van der Waals surface area contributed by atoms with Crippen LogP contribution in [-0.4, -0.2) is 17.7 Å². The molecule has 1 rings (SSSR count). The molecular formula is C13H15ClN2O2. The fourth-order valence-electron chi connectivity index (χ4n) is 1.30. The maximum atomic E-state index is 11.3. The summed E-state index contributed by atoms with van der Waals surface area (Å²) in [6.07, 6.45) is 4.01. The third-order valence-electron chi connectivity index (χ3n) is 2.15. The first-order valence-corrected chi connectivity index (χ1v) is 6.06. The molecule has 2 amide bonds. The molecule has 0 fully saturated rings. The van der Waals surface area contributed by atoms with Crippen LogP contribution in [0.5, 0.6) is 0 Å². The number of carbonyl (C=O) groups excluding carboxylic acids is 2. The van der Waals surface area contributed by atoms with E-state index in [1.807, 2.05) is 12.1 Å². The second-order valence-corrected chi connectivity index (χ2v) is 4.06. The van der Waals surface area contributed by atoms with Gasteiger partial charge in [0.1, 0.15) is 0 Å². The summed E-state index contributed by atoms with van der Waals surface area (Å²) in [5.41, 5.74) is 6.67. The summed E-state index contributed by atoms with van der Waals surface area (Å²) in [7, 11) is 0. The van der Waals surface area contributed by atoms with Crippen molar-refractivity contribution in [3.63, 3.8) is 0 Å². The van der Waals surface area contributed by atoms with Crippen LogP contribution in [0, 0.1) is 0 Å². The molecule has 1 aromatic carbocycles. The zero-order chi connectivity index (χ0) is 13.4. The van der Waals surface area contributed by atoms with Gasteiger partial charge in [-0.15, -0.1) is 11.6 Å². The van der Waals surface area contributed by atoms with Gasteiger partial charge in [-0.25, -0.2) is 0 Å². The smallest absolute Gasteiger partial charge is 0.225 e. The van der Waals surface area contributed by atoms with Crippen molar-refractivity contribution < 1.29 is 9.59 Å². The van der Waals surface area contributed by atoms with E-state index in [4.69, 9.17) is 17.3 Å². The molecule has 0 aliphatic heterocycles. The number of halogens is 1. The lowest BCUT2D eigenvalue weighted by atomic mass is 10.2. The number of hydrogen-bond acceptors (Lipinski definition) is 2. The molecule has 0 bridgehead atoms. The van der Waals surface area contributed by atoms with Gasteiger partial charge in [-0.05, 0) is 17.7 Å². The molecule has 0 aliphatic carbocycles. The first-order valence-electron chi connectivity index (χ1n) is 5.52. The van der Waals surface area contributed by atoms with Gasteiger partial charge >= 0.3 is 0 Å². The number of rotatable bonds is 6. The minimum atomic E-state index is -0.365. The van der Waals surface area contributed by atoms with Gasteiger partial charge in [0, 0.05) is 24.4 Å². The summed E-state index contributed by atoms with van der Waals surface area (Å²) in [5.74, 6) is -0.169. The average Bonchev–Trinajstić information content (AvgIpc) is 2.31. The number of nitrogens with two attached hydrogens (primary N) is 1.